The standard InChI is InChI=1S/C21H18O2/c1-2-23-21(22)20-10-6-5-8-18(20)14-12-16-11-13-17-7-3-4-9-19(17)15-16/h3-15H,2H2,1H3. The van der Waals surface area contributed by atoms with Crippen LogP contribution in [0, 0.1) is 0 Å². The second kappa shape index (κ2) is 6.93. The Balaban J connectivity index is 1.91. The van der Waals surface area contributed by atoms with Gasteiger partial charge < -0.3 is 4.74 Å². The van der Waals surface area contributed by atoms with Gasteiger partial charge in [-0.2, -0.15) is 0 Å². The van der Waals surface area contributed by atoms with Crippen LogP contribution in [0.4, 0.5) is 0 Å². The highest BCUT2D eigenvalue weighted by Gasteiger charge is 2.09. The molecular formula is C21H18O2. The smallest absolute Gasteiger partial charge is 0.338 e. The first-order chi connectivity index (χ1) is 11.3. The fourth-order valence-corrected chi connectivity index (χ4v) is 2.53. The molecule has 0 saturated heterocycles. The van der Waals surface area contributed by atoms with Crippen LogP contribution in [0.25, 0.3) is 22.9 Å². The molecule has 0 heterocycles. The summed E-state index contributed by atoms with van der Waals surface area (Å²) in [5.74, 6) is -0.286. The highest BCUT2D eigenvalue weighted by Crippen LogP contribution is 2.19. The van der Waals surface area contributed by atoms with Gasteiger partial charge in [0.2, 0.25) is 0 Å². The molecule has 0 aliphatic rings. The highest BCUT2D eigenvalue weighted by molar-refractivity contribution is 5.95. The number of benzene rings is 3. The van der Waals surface area contributed by atoms with E-state index in [0.717, 1.165) is 11.1 Å². The second-order valence-corrected chi connectivity index (χ2v) is 5.25. The Morgan fingerprint density at radius 1 is 0.913 bits per heavy atom. The Labute approximate surface area is 136 Å². The number of hydrogen-bond acceptors (Lipinski definition) is 2. The van der Waals surface area contributed by atoms with E-state index >= 15 is 0 Å². The first-order valence-electron chi connectivity index (χ1n) is 7.71. The predicted octanol–water partition coefficient (Wildman–Crippen LogP) is 5.19. The number of rotatable bonds is 4. The summed E-state index contributed by atoms with van der Waals surface area (Å²) < 4.78 is 5.11. The minimum absolute atomic E-state index is 0.286. The number of ether oxygens (including phenoxy) is 1. The summed E-state index contributed by atoms with van der Waals surface area (Å²) in [6.45, 7) is 2.19. The van der Waals surface area contributed by atoms with Crippen molar-refractivity contribution in [3.63, 3.8) is 0 Å². The van der Waals surface area contributed by atoms with Crippen molar-refractivity contribution >= 4 is 28.9 Å². The molecule has 114 valence electrons. The maximum absolute atomic E-state index is 12.0. The van der Waals surface area contributed by atoms with Crippen LogP contribution in [0.2, 0.25) is 0 Å². The monoisotopic (exact) mass is 302 g/mol. The molecule has 0 fully saturated rings. The molecule has 0 atom stereocenters. The molecule has 0 aromatic heterocycles. The summed E-state index contributed by atoms with van der Waals surface area (Å²) in [4.78, 5) is 12.0. The zero-order valence-electron chi connectivity index (χ0n) is 13.0. The van der Waals surface area contributed by atoms with Crippen LogP contribution < -0.4 is 0 Å². The molecule has 0 spiro atoms. The number of carbonyl (C=O) groups excluding carboxylic acids is 1. The first-order valence-corrected chi connectivity index (χ1v) is 7.71. The second-order valence-electron chi connectivity index (χ2n) is 5.25. The van der Waals surface area contributed by atoms with E-state index in [4.69, 9.17) is 4.74 Å². The van der Waals surface area contributed by atoms with Gasteiger partial charge in [-0.05, 0) is 41.0 Å². The molecule has 23 heavy (non-hydrogen) atoms. The predicted molar refractivity (Wildman–Crippen MR) is 95.3 cm³/mol. The van der Waals surface area contributed by atoms with Gasteiger partial charge >= 0.3 is 5.97 Å². The van der Waals surface area contributed by atoms with Crippen LogP contribution in [0.1, 0.15) is 28.4 Å². The van der Waals surface area contributed by atoms with Gasteiger partial charge in [0.15, 0.2) is 0 Å². The molecule has 3 aromatic carbocycles. The van der Waals surface area contributed by atoms with Gasteiger partial charge in [0.05, 0.1) is 12.2 Å². The van der Waals surface area contributed by atoms with Gasteiger partial charge in [-0.15, -0.1) is 0 Å². The molecule has 0 bridgehead atoms. The van der Waals surface area contributed by atoms with Crippen LogP contribution >= 0.6 is 0 Å². The first kappa shape index (κ1) is 15.0. The van der Waals surface area contributed by atoms with E-state index in [-0.39, 0.29) is 5.97 Å². The van der Waals surface area contributed by atoms with Gasteiger partial charge in [-0.1, -0.05) is 66.7 Å². The molecule has 0 unspecified atom stereocenters. The fraction of sp³-hybridized carbons (Fsp3) is 0.0952. The van der Waals surface area contributed by atoms with Gasteiger partial charge in [-0.3, -0.25) is 0 Å². The van der Waals surface area contributed by atoms with Crippen molar-refractivity contribution in [1.29, 1.82) is 0 Å². The minimum Gasteiger partial charge on any atom is -0.462 e. The lowest BCUT2D eigenvalue weighted by molar-refractivity contribution is 0.0526. The van der Waals surface area contributed by atoms with Crippen molar-refractivity contribution in [2.45, 2.75) is 6.92 Å². The van der Waals surface area contributed by atoms with Gasteiger partial charge in [0.1, 0.15) is 0 Å². The van der Waals surface area contributed by atoms with Crippen molar-refractivity contribution in [1.82, 2.24) is 0 Å². The summed E-state index contributed by atoms with van der Waals surface area (Å²) in [6.07, 6.45) is 3.97. The van der Waals surface area contributed by atoms with Crippen LogP contribution in [-0.2, 0) is 4.74 Å². The highest BCUT2D eigenvalue weighted by atomic mass is 16.5. The Morgan fingerprint density at radius 2 is 1.65 bits per heavy atom. The third-order valence-electron chi connectivity index (χ3n) is 3.68. The lowest BCUT2D eigenvalue weighted by Crippen LogP contribution is -2.06. The SMILES string of the molecule is CCOC(=O)c1ccccc1C=Cc1ccc2ccccc2c1. The maximum atomic E-state index is 12.0. The third kappa shape index (κ3) is 3.49. The number of esters is 1. The molecule has 2 nitrogen and oxygen atoms in total. The zero-order chi connectivity index (χ0) is 16.1. The normalized spacial score (nSPS) is 11.0. The molecule has 0 aliphatic heterocycles. The molecular weight excluding hydrogens is 284 g/mol. The van der Waals surface area contributed by atoms with E-state index in [0.29, 0.717) is 12.2 Å². The number of carbonyl (C=O) groups is 1. The van der Waals surface area contributed by atoms with Crippen molar-refractivity contribution in [3.8, 4) is 0 Å². The van der Waals surface area contributed by atoms with Crippen molar-refractivity contribution in [3.05, 3.63) is 83.4 Å². The van der Waals surface area contributed by atoms with Crippen molar-refractivity contribution in [2.24, 2.45) is 0 Å². The topological polar surface area (TPSA) is 26.3 Å². The van der Waals surface area contributed by atoms with Gasteiger partial charge in [-0.25, -0.2) is 4.79 Å². The third-order valence-corrected chi connectivity index (χ3v) is 3.68. The molecule has 0 radical (unpaired) electrons. The Bertz CT molecular complexity index is 862. The molecule has 3 rings (SSSR count). The molecule has 0 N–H and O–H groups in total. The number of hydrogen-bond donors (Lipinski definition) is 0. The van der Waals surface area contributed by atoms with Crippen LogP contribution in [-0.4, -0.2) is 12.6 Å². The van der Waals surface area contributed by atoms with E-state index in [9.17, 15) is 4.79 Å². The summed E-state index contributed by atoms with van der Waals surface area (Å²) in [7, 11) is 0. The van der Waals surface area contributed by atoms with Crippen LogP contribution in [0.3, 0.4) is 0 Å². The summed E-state index contributed by atoms with van der Waals surface area (Å²) in [6, 6.07) is 22.1. The lowest BCUT2D eigenvalue weighted by atomic mass is 10.0. The largest absolute Gasteiger partial charge is 0.462 e. The van der Waals surface area contributed by atoms with E-state index in [1.165, 1.54) is 10.8 Å². The Morgan fingerprint density at radius 3 is 2.48 bits per heavy atom. The van der Waals surface area contributed by atoms with Gasteiger partial charge in [0.25, 0.3) is 0 Å². The Hall–Kier alpha value is -2.87. The number of fused-ring (bicyclic) bond motifs is 1. The van der Waals surface area contributed by atoms with E-state index in [1.807, 2.05) is 49.4 Å². The molecule has 0 aliphatic carbocycles. The zero-order valence-corrected chi connectivity index (χ0v) is 13.0. The van der Waals surface area contributed by atoms with E-state index < -0.39 is 0 Å². The average molecular weight is 302 g/mol. The average Bonchev–Trinajstić information content (AvgIpc) is 2.60. The Kier molecular flexibility index (Phi) is 4.53. The molecule has 2 heteroatoms. The quantitative estimate of drug-likeness (QED) is 0.490. The fourth-order valence-electron chi connectivity index (χ4n) is 2.53. The summed E-state index contributed by atoms with van der Waals surface area (Å²) in [5, 5.41) is 2.42. The van der Waals surface area contributed by atoms with E-state index in [2.05, 4.69) is 30.3 Å². The van der Waals surface area contributed by atoms with Crippen molar-refractivity contribution < 1.29 is 9.53 Å². The summed E-state index contributed by atoms with van der Waals surface area (Å²) in [5.41, 5.74) is 2.55. The molecule has 3 aromatic rings. The van der Waals surface area contributed by atoms with Crippen molar-refractivity contribution in [2.75, 3.05) is 6.61 Å². The lowest BCUT2D eigenvalue weighted by Gasteiger charge is -2.05. The molecule has 0 amide bonds. The molecule has 0 saturated carbocycles. The minimum atomic E-state index is -0.286. The van der Waals surface area contributed by atoms with Crippen LogP contribution in [0.5, 0.6) is 0 Å². The maximum Gasteiger partial charge on any atom is 0.338 e. The van der Waals surface area contributed by atoms with Gasteiger partial charge in [0, 0.05) is 0 Å². The van der Waals surface area contributed by atoms with Crippen LogP contribution in [0.15, 0.2) is 66.7 Å². The van der Waals surface area contributed by atoms with E-state index in [1.54, 1.807) is 6.07 Å². The summed E-state index contributed by atoms with van der Waals surface area (Å²) >= 11 is 0.